The third-order valence-corrected chi connectivity index (χ3v) is 14.4. The van der Waals surface area contributed by atoms with Crippen LogP contribution in [0.5, 0.6) is 0 Å². The van der Waals surface area contributed by atoms with Crippen molar-refractivity contribution in [3.63, 3.8) is 0 Å². The minimum Gasteiger partial charge on any atom is -0.358 e. The van der Waals surface area contributed by atoms with Gasteiger partial charge in [-0.1, -0.05) is 48.5 Å². The molecular weight excluding hydrogens is 1050 g/mol. The molecule has 4 saturated heterocycles. The Kier molecular flexibility index (Phi) is 20.9. The molecule has 0 aromatic heterocycles. The highest BCUT2D eigenvalue weighted by atomic mass is 19.1. The highest BCUT2D eigenvalue weighted by molar-refractivity contribution is 6.12. The van der Waals surface area contributed by atoms with Crippen molar-refractivity contribution in [1.29, 1.82) is 0 Å². The number of piperidine rings is 4. The first kappa shape index (κ1) is 61.9. The van der Waals surface area contributed by atoms with Gasteiger partial charge in [0.05, 0.1) is 0 Å². The van der Waals surface area contributed by atoms with Gasteiger partial charge in [-0.2, -0.15) is 0 Å². The molecule has 4 aliphatic rings. The largest absolute Gasteiger partial charge is 0.358 e. The van der Waals surface area contributed by atoms with Crippen molar-refractivity contribution in [3.05, 3.63) is 143 Å². The zero-order chi connectivity index (χ0) is 59.4. The van der Waals surface area contributed by atoms with Gasteiger partial charge < -0.3 is 21.3 Å². The average molecular weight is 1110 g/mol. The van der Waals surface area contributed by atoms with E-state index in [9.17, 15) is 75.1 Å². The maximum Gasteiger partial charge on any atom is 0.242 e. The van der Waals surface area contributed by atoms with E-state index in [1.807, 2.05) is 0 Å². The summed E-state index contributed by atoms with van der Waals surface area (Å²) >= 11 is 0. The zero-order valence-corrected chi connectivity index (χ0v) is 44.9. The van der Waals surface area contributed by atoms with Gasteiger partial charge in [0.15, 0.2) is 0 Å². The molecule has 0 radical (unpaired) electrons. The summed E-state index contributed by atoms with van der Waals surface area (Å²) in [5.41, 5.74) is 2.43. The predicted octanol–water partition coefficient (Wildman–Crippen LogP) is 2.64. The van der Waals surface area contributed by atoms with Gasteiger partial charge in [0.2, 0.25) is 70.9 Å². The van der Waals surface area contributed by atoms with Crippen LogP contribution in [0.2, 0.25) is 0 Å². The van der Waals surface area contributed by atoms with Crippen molar-refractivity contribution >= 4 is 70.9 Å². The van der Waals surface area contributed by atoms with Gasteiger partial charge in [0.1, 0.15) is 46.9 Å². The number of halogens is 4. The fourth-order valence-electron chi connectivity index (χ4n) is 9.67. The minimum atomic E-state index is -0.965. The molecule has 0 bridgehead atoms. The van der Waals surface area contributed by atoms with Gasteiger partial charge in [0, 0.05) is 106 Å². The molecule has 4 aliphatic heterocycles. The lowest BCUT2D eigenvalue weighted by molar-refractivity contribution is -0.156. The molecule has 4 fully saturated rings. The minimum absolute atomic E-state index is 0.0476. The quantitative estimate of drug-likeness (QED) is 0.113. The lowest BCUT2D eigenvalue weighted by Crippen LogP contribution is -2.51. The lowest BCUT2D eigenvalue weighted by Gasteiger charge is -2.33. The molecule has 8 atom stereocenters. The van der Waals surface area contributed by atoms with Crippen LogP contribution in [0.3, 0.4) is 0 Å². The SMILES string of the molecule is CNC(=O)C1C(=O)N(C)C(=O)CC1c1ccc(F)cc1.CNC(=O)C1C(=O)N(C)C(=O)CC1c1ccc(F)cc1.CNC(=O)C1C(=O)N(C)C(=O)CC1c1ccc(F)cc1.CNC(=O)C1C(=O)N(C)C(=O)CC1c1ccc(F)cc1. The van der Waals surface area contributed by atoms with Gasteiger partial charge >= 0.3 is 0 Å². The van der Waals surface area contributed by atoms with Crippen LogP contribution in [0.4, 0.5) is 17.6 Å². The Hall–Kier alpha value is -8.96. The van der Waals surface area contributed by atoms with E-state index in [0.717, 1.165) is 19.6 Å². The number of rotatable bonds is 8. The van der Waals surface area contributed by atoms with Gasteiger partial charge in [-0.05, 0) is 70.8 Å². The summed E-state index contributed by atoms with van der Waals surface area (Å²) in [6.45, 7) is 0. The Balaban J connectivity index is 0.000000196. The summed E-state index contributed by atoms with van der Waals surface area (Å²) in [7, 11) is 11.2. The topological polar surface area (TPSA) is 266 Å². The molecule has 8 unspecified atom stereocenters. The third-order valence-electron chi connectivity index (χ3n) is 14.4. The van der Waals surface area contributed by atoms with Crippen LogP contribution in [0.1, 0.15) is 71.6 Å². The van der Waals surface area contributed by atoms with Crippen molar-refractivity contribution in [2.24, 2.45) is 23.7 Å². The first-order valence-electron chi connectivity index (χ1n) is 24.9. The summed E-state index contributed by atoms with van der Waals surface area (Å²) in [6.07, 6.45) is 0.190. The number of imide groups is 4. The average Bonchev–Trinajstić information content (AvgIpc) is 3.45. The molecule has 424 valence electrons. The molecule has 20 nitrogen and oxygen atoms in total. The highest BCUT2D eigenvalue weighted by Gasteiger charge is 2.48. The number of amides is 12. The fraction of sp³-hybridized carbons (Fsp3) is 0.357. The molecule has 4 aromatic carbocycles. The highest BCUT2D eigenvalue weighted by Crippen LogP contribution is 2.38. The van der Waals surface area contributed by atoms with E-state index >= 15 is 0 Å². The monoisotopic (exact) mass is 1110 g/mol. The van der Waals surface area contributed by atoms with Crippen LogP contribution in [-0.4, -0.2) is 147 Å². The number of benzene rings is 4. The molecule has 24 heteroatoms. The van der Waals surface area contributed by atoms with Gasteiger partial charge in [-0.25, -0.2) is 17.6 Å². The number of hydrogen-bond acceptors (Lipinski definition) is 12. The number of hydrogen-bond donors (Lipinski definition) is 4. The first-order chi connectivity index (χ1) is 37.8. The second kappa shape index (κ2) is 27.1. The Labute approximate surface area is 457 Å². The zero-order valence-electron chi connectivity index (χ0n) is 44.9. The Morgan fingerprint density at radius 3 is 0.613 bits per heavy atom. The number of carbonyl (C=O) groups is 12. The van der Waals surface area contributed by atoms with E-state index in [1.54, 1.807) is 0 Å². The second-order valence-electron chi connectivity index (χ2n) is 19.0. The normalized spacial score (nSPS) is 22.9. The van der Waals surface area contributed by atoms with Gasteiger partial charge in [0.25, 0.3) is 0 Å². The molecule has 80 heavy (non-hydrogen) atoms. The molecule has 4 heterocycles. The van der Waals surface area contributed by atoms with Crippen molar-refractivity contribution in [2.75, 3.05) is 56.4 Å². The maximum absolute atomic E-state index is 13.0. The van der Waals surface area contributed by atoms with E-state index < -0.39 is 118 Å². The van der Waals surface area contributed by atoms with E-state index in [0.29, 0.717) is 22.3 Å². The number of nitrogens with one attached hydrogen (secondary N) is 4. The number of carbonyl (C=O) groups excluding carboxylic acids is 12. The summed E-state index contributed by atoms with van der Waals surface area (Å²) in [6, 6.07) is 22.0. The van der Waals surface area contributed by atoms with Crippen molar-refractivity contribution in [2.45, 2.75) is 49.4 Å². The fourth-order valence-corrected chi connectivity index (χ4v) is 9.67. The van der Waals surface area contributed by atoms with Crippen molar-refractivity contribution < 1.29 is 75.1 Å². The lowest BCUT2D eigenvalue weighted by atomic mass is 9.79. The maximum atomic E-state index is 13.0. The smallest absolute Gasteiger partial charge is 0.242 e. The molecule has 0 saturated carbocycles. The summed E-state index contributed by atoms with van der Waals surface area (Å²) in [4.78, 5) is 148. The Morgan fingerprint density at radius 2 is 0.475 bits per heavy atom. The molecular formula is C56H60F4N8O12. The molecule has 12 amide bonds. The van der Waals surface area contributed by atoms with E-state index in [-0.39, 0.29) is 49.3 Å². The van der Waals surface area contributed by atoms with Gasteiger partial charge in [-0.3, -0.25) is 77.1 Å². The van der Waals surface area contributed by atoms with E-state index in [2.05, 4.69) is 21.3 Å². The third kappa shape index (κ3) is 14.0. The molecule has 8 rings (SSSR count). The van der Waals surface area contributed by atoms with Crippen LogP contribution in [0, 0.1) is 46.9 Å². The molecule has 0 aliphatic carbocycles. The number of likely N-dealkylation sites (tertiary alicyclic amines) is 4. The Bertz CT molecular complexity index is 2630. The first-order valence-corrected chi connectivity index (χ1v) is 24.9. The Morgan fingerprint density at radius 1 is 0.325 bits per heavy atom. The molecule has 4 aromatic rings. The van der Waals surface area contributed by atoms with E-state index in [4.69, 9.17) is 0 Å². The van der Waals surface area contributed by atoms with Crippen molar-refractivity contribution in [1.82, 2.24) is 40.9 Å². The van der Waals surface area contributed by atoms with Crippen LogP contribution < -0.4 is 21.3 Å². The van der Waals surface area contributed by atoms with Crippen LogP contribution in [0.25, 0.3) is 0 Å². The molecule has 0 spiro atoms. The van der Waals surface area contributed by atoms with Gasteiger partial charge in [-0.15, -0.1) is 0 Å². The summed E-state index contributed by atoms with van der Waals surface area (Å²) in [5.74, 6) is -13.0. The van der Waals surface area contributed by atoms with Crippen LogP contribution >= 0.6 is 0 Å². The second-order valence-corrected chi connectivity index (χ2v) is 19.0. The number of nitrogens with zero attached hydrogens (tertiary/aromatic N) is 4. The predicted molar refractivity (Wildman–Crippen MR) is 276 cm³/mol. The molecule has 4 N–H and O–H groups in total. The standard InChI is InChI=1S/4C14H15FN2O3/c4*1-16-13(19)12-10(7-11(18)17(2)14(12)20)8-3-5-9(15)6-4-8/h4*3-6,10,12H,7H2,1-2H3,(H,16,19). The summed E-state index contributed by atoms with van der Waals surface area (Å²) in [5, 5.41) is 9.76. The summed E-state index contributed by atoms with van der Waals surface area (Å²) < 4.78 is 51.9. The van der Waals surface area contributed by atoms with E-state index in [1.165, 1.54) is 153 Å². The van der Waals surface area contributed by atoms with Crippen LogP contribution in [-0.2, 0) is 57.5 Å². The van der Waals surface area contributed by atoms with Crippen LogP contribution in [0.15, 0.2) is 97.1 Å². The van der Waals surface area contributed by atoms with Crippen molar-refractivity contribution in [3.8, 4) is 0 Å².